The quantitative estimate of drug-likeness (QED) is 0.595. The minimum absolute atomic E-state index is 0.00145. The number of aromatic nitrogens is 2. The van der Waals surface area contributed by atoms with Gasteiger partial charge in [-0.2, -0.15) is 0 Å². The number of hydrogen-bond donors (Lipinski definition) is 1. The first-order valence-corrected chi connectivity index (χ1v) is 6.19. The van der Waals surface area contributed by atoms with E-state index in [-0.39, 0.29) is 23.1 Å². The summed E-state index contributed by atoms with van der Waals surface area (Å²) in [6.45, 7) is 0. The van der Waals surface area contributed by atoms with Gasteiger partial charge in [0.15, 0.2) is 15.9 Å². The molecular weight excluding hydrogens is 206 g/mol. The summed E-state index contributed by atoms with van der Waals surface area (Å²) in [7, 11) is -2.84. The molecule has 1 aliphatic rings. The maximum Gasteiger partial charge on any atom is 0.264 e. The summed E-state index contributed by atoms with van der Waals surface area (Å²) in [5.74, 6) is 0.399. The van der Waals surface area contributed by atoms with Crippen molar-refractivity contribution in [2.24, 2.45) is 0 Å². The normalized spacial score (nSPS) is 22.3. The van der Waals surface area contributed by atoms with Gasteiger partial charge in [-0.25, -0.2) is 13.1 Å². The summed E-state index contributed by atoms with van der Waals surface area (Å²) in [5, 5.41) is 10.8. The third-order valence-corrected chi connectivity index (χ3v) is 4.10. The van der Waals surface area contributed by atoms with Crippen LogP contribution in [0.3, 0.4) is 0 Å². The molecule has 1 aliphatic heterocycles. The molecule has 1 aromatic heterocycles. The number of hydrogen-bond acceptors (Lipinski definition) is 4. The summed E-state index contributed by atoms with van der Waals surface area (Å²) in [4.78, 5) is 0. The molecule has 0 aromatic carbocycles. The largest absolute Gasteiger partial charge is 0.487 e. The van der Waals surface area contributed by atoms with Crippen LogP contribution in [-0.4, -0.2) is 19.9 Å². The lowest BCUT2D eigenvalue weighted by atomic mass is 10.2. The lowest BCUT2D eigenvalue weighted by Gasteiger charge is -2.18. The monoisotopic (exact) mass is 217 g/mol. The molecule has 1 aromatic rings. The second-order valence-electron chi connectivity index (χ2n) is 3.43. The van der Waals surface area contributed by atoms with Gasteiger partial charge in [0, 0.05) is 12.8 Å². The van der Waals surface area contributed by atoms with Gasteiger partial charge < -0.3 is 4.52 Å². The van der Waals surface area contributed by atoms with Gasteiger partial charge in [-0.3, -0.25) is 10.7 Å². The maximum atomic E-state index is 11.1. The van der Waals surface area contributed by atoms with E-state index in [1.807, 2.05) is 0 Å². The van der Waals surface area contributed by atoms with Crippen LogP contribution in [0.4, 0.5) is 0 Å². The Hall–Kier alpha value is -1.11. The Labute approximate surface area is 80.9 Å². The number of nitrogens with zero attached hydrogens (tertiary/aromatic N) is 2. The van der Waals surface area contributed by atoms with E-state index in [1.165, 1.54) is 10.9 Å². The Morgan fingerprint density at radius 2 is 2.14 bits per heavy atom. The van der Waals surface area contributed by atoms with Gasteiger partial charge in [-0.15, -0.1) is 0 Å². The van der Waals surface area contributed by atoms with Crippen LogP contribution in [0.25, 0.3) is 0 Å². The summed E-state index contributed by atoms with van der Waals surface area (Å²) in [6.07, 6.45) is 2.58. The molecule has 1 N–H and O–H groups in total. The van der Waals surface area contributed by atoms with Gasteiger partial charge >= 0.3 is 0 Å². The smallest absolute Gasteiger partial charge is 0.264 e. The van der Waals surface area contributed by atoms with Gasteiger partial charge in [-0.05, 0) is 0 Å². The summed E-state index contributed by atoms with van der Waals surface area (Å²) < 4.78 is 28.4. The topological polar surface area (TPSA) is 89.1 Å². The number of sulfone groups is 1. The number of rotatable bonds is 1. The van der Waals surface area contributed by atoms with Crippen LogP contribution in [0.5, 0.6) is 0 Å². The van der Waals surface area contributed by atoms with E-state index in [9.17, 15) is 8.42 Å². The third-order valence-electron chi connectivity index (χ3n) is 2.38. The molecular formula is C7H11N3O3S. The van der Waals surface area contributed by atoms with E-state index in [2.05, 4.69) is 9.79 Å². The fraction of sp³-hybridized carbons (Fsp3) is 0.714. The predicted octanol–water partition coefficient (Wildman–Crippen LogP) is -1.25. The lowest BCUT2D eigenvalue weighted by Crippen LogP contribution is -2.46. The molecule has 0 atom stereocenters. The Bertz CT molecular complexity index is 458. The zero-order chi connectivity index (χ0) is 10.2. The first kappa shape index (κ1) is 9.45. The molecule has 1 fully saturated rings. The molecule has 78 valence electrons. The van der Waals surface area contributed by atoms with Crippen molar-refractivity contribution in [3.63, 3.8) is 0 Å². The third kappa shape index (κ3) is 1.87. The van der Waals surface area contributed by atoms with Gasteiger partial charge in [0.05, 0.1) is 11.5 Å². The average Bonchev–Trinajstić information content (AvgIpc) is 2.52. The van der Waals surface area contributed by atoms with Crippen molar-refractivity contribution < 1.29 is 17.6 Å². The minimum atomic E-state index is -2.84. The number of nitrogens with one attached hydrogen (secondary N) is 1. The Balaban J connectivity index is 2.13. The molecule has 0 unspecified atom stereocenters. The van der Waals surface area contributed by atoms with Crippen LogP contribution < -0.4 is 15.5 Å². The molecule has 0 spiro atoms. The highest BCUT2D eigenvalue weighted by molar-refractivity contribution is 7.91. The van der Waals surface area contributed by atoms with Gasteiger partial charge in [0.2, 0.25) is 6.20 Å². The molecule has 14 heavy (non-hydrogen) atoms. The van der Waals surface area contributed by atoms with E-state index in [4.69, 9.17) is 5.41 Å². The molecule has 0 bridgehead atoms. The van der Waals surface area contributed by atoms with Crippen LogP contribution >= 0.6 is 0 Å². The molecule has 0 aliphatic carbocycles. The second kappa shape index (κ2) is 3.23. The molecule has 7 heteroatoms. The van der Waals surface area contributed by atoms with Gasteiger partial charge in [0.1, 0.15) is 0 Å². The fourth-order valence-corrected chi connectivity index (χ4v) is 3.04. The minimum Gasteiger partial charge on any atom is -0.487 e. The highest BCUT2D eigenvalue weighted by atomic mass is 32.2. The van der Waals surface area contributed by atoms with Crippen molar-refractivity contribution >= 4 is 9.84 Å². The Kier molecular flexibility index (Phi) is 2.18. The second-order valence-corrected chi connectivity index (χ2v) is 5.73. The fourth-order valence-electron chi connectivity index (χ4n) is 1.57. The van der Waals surface area contributed by atoms with Crippen molar-refractivity contribution in [3.05, 3.63) is 11.8 Å². The molecule has 0 saturated carbocycles. The van der Waals surface area contributed by atoms with E-state index in [0.717, 1.165) is 0 Å². The first-order valence-electron chi connectivity index (χ1n) is 4.37. The zero-order valence-electron chi connectivity index (χ0n) is 7.51. The molecule has 0 radical (unpaired) electrons. The van der Waals surface area contributed by atoms with Gasteiger partial charge in [0.25, 0.3) is 5.55 Å². The van der Waals surface area contributed by atoms with Crippen molar-refractivity contribution in [1.82, 2.24) is 5.27 Å². The summed E-state index contributed by atoms with van der Waals surface area (Å²) in [6, 6.07) is 0.0568. The van der Waals surface area contributed by atoms with Gasteiger partial charge in [-0.1, -0.05) is 0 Å². The van der Waals surface area contributed by atoms with Crippen molar-refractivity contribution in [3.8, 4) is 0 Å². The van der Waals surface area contributed by atoms with Crippen LogP contribution in [0, 0.1) is 5.41 Å². The first-order chi connectivity index (χ1) is 6.57. The van der Waals surface area contributed by atoms with E-state index < -0.39 is 9.84 Å². The Morgan fingerprint density at radius 1 is 1.50 bits per heavy atom. The molecule has 6 nitrogen and oxygen atoms in total. The van der Waals surface area contributed by atoms with Crippen LogP contribution in [0.1, 0.15) is 18.9 Å². The van der Waals surface area contributed by atoms with Crippen molar-refractivity contribution in [1.29, 1.82) is 5.41 Å². The highest BCUT2D eigenvalue weighted by Crippen LogP contribution is 2.17. The van der Waals surface area contributed by atoms with Crippen LogP contribution in [0.2, 0.25) is 0 Å². The van der Waals surface area contributed by atoms with E-state index in [1.54, 1.807) is 0 Å². The SMILES string of the molecule is N=c1c[n+](C2CCS(=O)(=O)CC2)[n-]o1. The van der Waals surface area contributed by atoms with E-state index in [0.29, 0.717) is 12.8 Å². The van der Waals surface area contributed by atoms with Crippen LogP contribution in [0.15, 0.2) is 10.7 Å². The summed E-state index contributed by atoms with van der Waals surface area (Å²) in [5.41, 5.74) is -0.00145. The standard InChI is InChI=1S/C7H11N3O3S/c8-7-5-10(9-13-7)6-1-3-14(11,12)4-2-6/h5-6,8H,1-4H2. The lowest BCUT2D eigenvalue weighted by molar-refractivity contribution is -0.790. The van der Waals surface area contributed by atoms with E-state index >= 15 is 0 Å². The van der Waals surface area contributed by atoms with Crippen LogP contribution in [-0.2, 0) is 9.84 Å². The molecule has 2 heterocycles. The molecule has 1 saturated heterocycles. The molecule has 0 amide bonds. The molecule has 2 rings (SSSR count). The average molecular weight is 217 g/mol. The predicted molar refractivity (Wildman–Crippen MR) is 45.0 cm³/mol. The Morgan fingerprint density at radius 3 is 2.64 bits per heavy atom. The zero-order valence-corrected chi connectivity index (χ0v) is 8.33. The van der Waals surface area contributed by atoms with Crippen molar-refractivity contribution in [2.45, 2.75) is 18.9 Å². The maximum absolute atomic E-state index is 11.1. The highest BCUT2D eigenvalue weighted by Gasteiger charge is 2.28. The summed E-state index contributed by atoms with van der Waals surface area (Å²) >= 11 is 0. The van der Waals surface area contributed by atoms with Crippen molar-refractivity contribution in [2.75, 3.05) is 11.5 Å².